The van der Waals surface area contributed by atoms with E-state index in [1.54, 1.807) is 0 Å². The number of hydrogen-bond acceptors (Lipinski definition) is 3. The lowest BCUT2D eigenvalue weighted by atomic mass is 9.83. The Bertz CT molecular complexity index is 2930. The van der Waals surface area contributed by atoms with E-state index in [0.29, 0.717) is 11.2 Å². The predicted molar refractivity (Wildman–Crippen MR) is 269 cm³/mol. The van der Waals surface area contributed by atoms with Crippen LogP contribution in [-0.4, -0.2) is 11.0 Å². The second kappa shape index (κ2) is 18.3. The van der Waals surface area contributed by atoms with Crippen LogP contribution in [0.15, 0.2) is 201 Å². The molecule has 4 aliphatic rings. The summed E-state index contributed by atoms with van der Waals surface area (Å²) in [6, 6.07) is 44.1. The van der Waals surface area contributed by atoms with E-state index in [2.05, 4.69) is 209 Å². The number of benzene rings is 5. The van der Waals surface area contributed by atoms with Crippen molar-refractivity contribution >= 4 is 45.8 Å². The lowest BCUT2D eigenvalue weighted by Gasteiger charge is -2.20. The number of fused-ring (bicyclic) bond motifs is 6. The topological polar surface area (TPSA) is 25.5 Å². The van der Waals surface area contributed by atoms with Crippen molar-refractivity contribution in [2.75, 3.05) is 0 Å². The molecule has 10 rings (SSSR count). The standard InChI is InChI=1S/C60H55NOS/c1-4-6-28-55(43-20-12-8-13-21-43)61-56(44-22-14-9-15-23-44)37-41(5-2)40(3)45-24-16-25-46(35-45)47-31-34-57-54(36-47)51-32-30-49(38-58(51)62-57)50-26-17-27-53-52-33-29-48(39-59(52)63-60(50)53)42-18-10-7-11-19-42/h8-10,12-36,39,49,52,59H,4-7,11,37-38H2,1-3H3/b41-40+,55-28+,61-56?. The van der Waals surface area contributed by atoms with E-state index in [-0.39, 0.29) is 5.92 Å². The number of rotatable bonds is 12. The SMILES string of the molecule is CCC/C=C(/N=C(C/C(CC)=C(\C)c1cccc(-c2ccc3oc4c(c3c2)C=CC(c2cccc3c2SC2C=C(C5=CCCC=C5)C=CC32)C4)c1)c1ccccc1)c1ccccc1. The molecular weight excluding hydrogens is 783 g/mol. The van der Waals surface area contributed by atoms with Gasteiger partial charge in [0.15, 0.2) is 0 Å². The summed E-state index contributed by atoms with van der Waals surface area (Å²) in [7, 11) is 0. The first-order valence-corrected chi connectivity index (χ1v) is 23.9. The molecule has 3 aliphatic carbocycles. The average Bonchev–Trinajstić information content (AvgIpc) is 3.92. The molecule has 0 radical (unpaired) electrons. The van der Waals surface area contributed by atoms with Crippen molar-refractivity contribution in [3.63, 3.8) is 0 Å². The number of aliphatic imine (C=N–C) groups is 1. The quantitative estimate of drug-likeness (QED) is 0.115. The monoisotopic (exact) mass is 837 g/mol. The first-order chi connectivity index (χ1) is 31.0. The fourth-order valence-corrected chi connectivity index (χ4v) is 11.4. The highest BCUT2D eigenvalue weighted by molar-refractivity contribution is 8.00. The maximum absolute atomic E-state index is 6.67. The molecule has 312 valence electrons. The van der Waals surface area contributed by atoms with Crippen molar-refractivity contribution < 1.29 is 4.42 Å². The summed E-state index contributed by atoms with van der Waals surface area (Å²) in [4.78, 5) is 6.89. The molecule has 0 spiro atoms. The van der Waals surface area contributed by atoms with Crippen LogP contribution in [0.1, 0.15) is 110 Å². The van der Waals surface area contributed by atoms with Gasteiger partial charge in [0.1, 0.15) is 11.3 Å². The Morgan fingerprint density at radius 1 is 0.746 bits per heavy atom. The van der Waals surface area contributed by atoms with Crippen molar-refractivity contribution in [3.8, 4) is 11.1 Å². The van der Waals surface area contributed by atoms with E-state index < -0.39 is 0 Å². The largest absolute Gasteiger partial charge is 0.460 e. The van der Waals surface area contributed by atoms with Gasteiger partial charge in [-0.05, 0) is 106 Å². The van der Waals surface area contributed by atoms with Crippen LogP contribution in [0.4, 0.5) is 0 Å². The fraction of sp³-hybridized carbons (Fsp3) is 0.217. The summed E-state index contributed by atoms with van der Waals surface area (Å²) in [6.07, 6.45) is 28.3. The predicted octanol–water partition coefficient (Wildman–Crippen LogP) is 16.7. The third-order valence-electron chi connectivity index (χ3n) is 13.3. The molecule has 0 fully saturated rings. The van der Waals surface area contributed by atoms with Crippen LogP contribution in [0, 0.1) is 0 Å². The van der Waals surface area contributed by atoms with Crippen molar-refractivity contribution in [1.82, 2.24) is 0 Å². The minimum absolute atomic E-state index is 0.278. The lowest BCUT2D eigenvalue weighted by Crippen LogP contribution is -2.10. The summed E-state index contributed by atoms with van der Waals surface area (Å²) >= 11 is 2.05. The molecule has 2 nitrogen and oxygen atoms in total. The molecule has 0 N–H and O–H groups in total. The highest BCUT2D eigenvalue weighted by atomic mass is 32.2. The van der Waals surface area contributed by atoms with E-state index in [9.17, 15) is 0 Å². The highest BCUT2D eigenvalue weighted by Crippen LogP contribution is 2.53. The molecule has 0 saturated heterocycles. The van der Waals surface area contributed by atoms with E-state index in [1.807, 2.05) is 0 Å². The van der Waals surface area contributed by atoms with Crippen LogP contribution in [0.25, 0.3) is 39.4 Å². The lowest BCUT2D eigenvalue weighted by molar-refractivity contribution is 0.531. The molecule has 3 heteroatoms. The van der Waals surface area contributed by atoms with Gasteiger partial charge >= 0.3 is 0 Å². The third-order valence-corrected chi connectivity index (χ3v) is 14.7. The zero-order valence-corrected chi connectivity index (χ0v) is 37.5. The van der Waals surface area contributed by atoms with E-state index >= 15 is 0 Å². The highest BCUT2D eigenvalue weighted by Gasteiger charge is 2.36. The van der Waals surface area contributed by atoms with Gasteiger partial charge in [-0.3, -0.25) is 4.99 Å². The van der Waals surface area contributed by atoms with Gasteiger partial charge in [0.2, 0.25) is 0 Å². The molecule has 0 saturated carbocycles. The number of allylic oxidation sites excluding steroid dienone is 11. The Labute approximate surface area is 378 Å². The molecule has 5 aromatic carbocycles. The number of nitrogens with zero attached hydrogens (tertiary/aromatic N) is 1. The van der Waals surface area contributed by atoms with E-state index in [4.69, 9.17) is 9.41 Å². The third kappa shape index (κ3) is 8.40. The molecule has 1 aliphatic heterocycles. The molecule has 0 bridgehead atoms. The Morgan fingerprint density at radius 3 is 2.32 bits per heavy atom. The fourth-order valence-electron chi connectivity index (χ4n) is 9.80. The number of thioether (sulfide) groups is 1. The van der Waals surface area contributed by atoms with Gasteiger partial charge in [-0.2, -0.15) is 0 Å². The zero-order chi connectivity index (χ0) is 42.7. The Kier molecular flexibility index (Phi) is 11.9. The first kappa shape index (κ1) is 40.9. The molecule has 2 heterocycles. The minimum Gasteiger partial charge on any atom is -0.460 e. The minimum atomic E-state index is 0.278. The maximum Gasteiger partial charge on any atom is 0.134 e. The second-order valence-electron chi connectivity index (χ2n) is 17.3. The molecule has 6 aromatic rings. The van der Waals surface area contributed by atoms with Gasteiger partial charge in [0, 0.05) is 45.8 Å². The molecule has 63 heavy (non-hydrogen) atoms. The van der Waals surface area contributed by atoms with Gasteiger partial charge in [-0.25, -0.2) is 0 Å². The van der Waals surface area contributed by atoms with Gasteiger partial charge < -0.3 is 4.42 Å². The van der Waals surface area contributed by atoms with Crippen molar-refractivity contribution in [1.29, 1.82) is 0 Å². The van der Waals surface area contributed by atoms with Gasteiger partial charge in [0.25, 0.3) is 0 Å². The van der Waals surface area contributed by atoms with Gasteiger partial charge in [-0.1, -0.05) is 184 Å². The van der Waals surface area contributed by atoms with Crippen LogP contribution in [0.2, 0.25) is 0 Å². The summed E-state index contributed by atoms with van der Waals surface area (Å²) < 4.78 is 6.67. The van der Waals surface area contributed by atoms with E-state index in [1.165, 1.54) is 71.5 Å². The smallest absolute Gasteiger partial charge is 0.134 e. The van der Waals surface area contributed by atoms with Crippen molar-refractivity contribution in [2.24, 2.45) is 4.99 Å². The Balaban J connectivity index is 0.915. The summed E-state index contributed by atoms with van der Waals surface area (Å²) in [6.45, 7) is 6.79. The summed E-state index contributed by atoms with van der Waals surface area (Å²) in [5.74, 6) is 1.79. The zero-order valence-electron chi connectivity index (χ0n) is 36.7. The van der Waals surface area contributed by atoms with Crippen LogP contribution >= 0.6 is 11.8 Å². The Morgan fingerprint density at radius 2 is 1.52 bits per heavy atom. The van der Waals surface area contributed by atoms with Crippen LogP contribution in [-0.2, 0) is 6.42 Å². The van der Waals surface area contributed by atoms with Gasteiger partial charge in [-0.15, -0.1) is 11.8 Å². The Hall–Kier alpha value is -6.16. The first-order valence-electron chi connectivity index (χ1n) is 23.0. The molecular formula is C60H55NOS. The maximum atomic E-state index is 6.67. The number of furan rings is 1. The summed E-state index contributed by atoms with van der Waals surface area (Å²) in [5.41, 5.74) is 18.6. The van der Waals surface area contributed by atoms with Crippen LogP contribution in [0.5, 0.6) is 0 Å². The number of unbranched alkanes of at least 4 members (excludes halogenated alkanes) is 1. The van der Waals surface area contributed by atoms with Crippen LogP contribution < -0.4 is 0 Å². The molecule has 1 aromatic heterocycles. The summed E-state index contributed by atoms with van der Waals surface area (Å²) in [5, 5.41) is 1.62. The second-order valence-corrected chi connectivity index (χ2v) is 18.5. The van der Waals surface area contributed by atoms with Gasteiger partial charge in [0.05, 0.1) is 11.4 Å². The molecule has 3 atom stereocenters. The molecule has 3 unspecified atom stereocenters. The molecule has 0 amide bonds. The number of hydrogen-bond donors (Lipinski definition) is 0. The average molecular weight is 838 g/mol. The van der Waals surface area contributed by atoms with E-state index in [0.717, 1.165) is 73.3 Å². The van der Waals surface area contributed by atoms with Crippen molar-refractivity contribution in [3.05, 3.63) is 226 Å². The van der Waals surface area contributed by atoms with Crippen molar-refractivity contribution in [2.45, 2.75) is 87.7 Å². The van der Waals surface area contributed by atoms with Crippen LogP contribution in [0.3, 0.4) is 0 Å². The normalized spacial score (nSPS) is 19.6.